The van der Waals surface area contributed by atoms with Crippen molar-refractivity contribution in [2.24, 2.45) is 5.73 Å². The maximum Gasteiger partial charge on any atom is 0.414 e. The molecule has 3 aliphatic carbocycles. The van der Waals surface area contributed by atoms with Gasteiger partial charge in [0.05, 0.1) is 93.0 Å². The molecule has 7 aliphatic rings. The van der Waals surface area contributed by atoms with Crippen molar-refractivity contribution in [3.8, 4) is 0 Å². The summed E-state index contributed by atoms with van der Waals surface area (Å²) < 4.78 is 127. The number of aliphatic hydroxyl groups is 4. The van der Waals surface area contributed by atoms with Gasteiger partial charge in [0.1, 0.15) is 41.4 Å². The molecule has 3 aromatic rings. The van der Waals surface area contributed by atoms with Gasteiger partial charge >= 0.3 is 43.2 Å². The molecular formula is C62H81F7N6O17. The predicted octanol–water partition coefficient (Wildman–Crippen LogP) is 7.90. The summed E-state index contributed by atoms with van der Waals surface area (Å²) in [6.07, 6.45) is -8.69. The monoisotopic (exact) mass is 1310 g/mol. The minimum atomic E-state index is -3.16. The number of carbonyl (C=O) groups excluding carboxylic acids is 6. The van der Waals surface area contributed by atoms with Gasteiger partial charge in [0.15, 0.2) is 5.79 Å². The predicted molar refractivity (Wildman–Crippen MR) is 315 cm³/mol. The first-order valence-corrected chi connectivity index (χ1v) is 30.4. The Labute approximate surface area is 526 Å². The fraction of sp³-hybridized carbons (Fsp3) is 0.613. The summed E-state index contributed by atoms with van der Waals surface area (Å²) in [5.41, 5.74) is 7.50. The summed E-state index contributed by atoms with van der Waals surface area (Å²) in [5.74, 6) is -5.16. The van der Waals surface area contributed by atoms with Crippen molar-refractivity contribution < 1.29 is 113 Å². The van der Waals surface area contributed by atoms with E-state index in [0.717, 1.165) is 17.7 Å². The maximum absolute atomic E-state index is 15.1. The van der Waals surface area contributed by atoms with E-state index in [9.17, 15) is 75.5 Å². The van der Waals surface area contributed by atoms with Gasteiger partial charge in [0, 0.05) is 6.54 Å². The third-order valence-corrected chi connectivity index (χ3v) is 16.3. The zero-order valence-corrected chi connectivity index (χ0v) is 51.8. The molecule has 0 spiro atoms. The Morgan fingerprint density at radius 1 is 0.598 bits per heavy atom. The lowest BCUT2D eigenvalue weighted by Gasteiger charge is -2.30. The number of amides is 5. The molecule has 4 heterocycles. The van der Waals surface area contributed by atoms with Crippen molar-refractivity contribution in [2.75, 3.05) is 60.6 Å². The quantitative estimate of drug-likeness (QED) is 0.0458. The van der Waals surface area contributed by atoms with Crippen LogP contribution in [-0.2, 0) is 42.7 Å². The number of aliphatic hydroxyl groups excluding tert-OH is 4. The number of nitrogens with one attached hydrogen (secondary N) is 2. The number of hydrogen-bond donors (Lipinski definition) is 7. The first-order chi connectivity index (χ1) is 43.3. The first-order valence-electron chi connectivity index (χ1n) is 30.4. The Bertz CT molecular complexity index is 3060. The molecule has 30 heteroatoms. The van der Waals surface area contributed by atoms with Gasteiger partial charge in [-0.3, -0.25) is 19.5 Å². The summed E-state index contributed by atoms with van der Waals surface area (Å²) in [6.45, 7) is 11.2. The molecule has 4 aliphatic heterocycles. The van der Waals surface area contributed by atoms with Crippen molar-refractivity contribution in [1.29, 1.82) is 0 Å². The number of nitrogens with two attached hydrogens (primary N) is 1. The maximum atomic E-state index is 15.1. The highest BCUT2D eigenvalue weighted by molar-refractivity contribution is 5.91. The Hall–Kier alpha value is -7.09. The average molecular weight is 1320 g/mol. The molecule has 0 bridgehead atoms. The molecule has 4 saturated heterocycles. The topological polar surface area (TPSA) is 308 Å². The van der Waals surface area contributed by atoms with Crippen molar-refractivity contribution in [1.82, 2.24) is 10.6 Å². The van der Waals surface area contributed by atoms with Gasteiger partial charge < -0.3 is 70.0 Å². The number of carbonyl (C=O) groups is 6. The van der Waals surface area contributed by atoms with Crippen LogP contribution in [0.3, 0.4) is 0 Å². The number of esters is 1. The second-order valence-corrected chi connectivity index (χ2v) is 24.7. The highest BCUT2D eigenvalue weighted by Gasteiger charge is 2.46. The Balaban J connectivity index is 0.000000187. The third kappa shape index (κ3) is 19.5. The van der Waals surface area contributed by atoms with Crippen LogP contribution in [0.2, 0.25) is 0 Å². The largest absolute Gasteiger partial charge is 0.462 e. The fourth-order valence-corrected chi connectivity index (χ4v) is 11.8. The lowest BCUT2D eigenvalue weighted by Crippen LogP contribution is -2.38. The molecule has 3 aromatic carbocycles. The van der Waals surface area contributed by atoms with Gasteiger partial charge in [-0.15, -0.1) is 0 Å². The summed E-state index contributed by atoms with van der Waals surface area (Å²) in [5, 5.41) is 43.3. The summed E-state index contributed by atoms with van der Waals surface area (Å²) in [6, 6.07) is 13.7. The van der Waals surface area contributed by atoms with Crippen LogP contribution in [0.1, 0.15) is 134 Å². The number of halogens is 7. The minimum absolute atomic E-state index is 0.00315. The van der Waals surface area contributed by atoms with Crippen LogP contribution in [0.15, 0.2) is 54.6 Å². The zero-order chi connectivity index (χ0) is 67.5. The number of anilines is 3. The van der Waals surface area contributed by atoms with Crippen LogP contribution in [0.25, 0.3) is 0 Å². The number of alkyl halides is 4. The molecule has 92 heavy (non-hydrogen) atoms. The van der Waals surface area contributed by atoms with Crippen LogP contribution >= 0.6 is 0 Å². The van der Waals surface area contributed by atoms with E-state index in [-0.39, 0.29) is 93.3 Å². The Morgan fingerprint density at radius 3 is 1.37 bits per heavy atom. The third-order valence-electron chi connectivity index (χ3n) is 16.3. The smallest absolute Gasteiger partial charge is 0.414 e. The SMILES string of the molecule is CC(C)(C)OC(=O)NC[C@H]1CN(c2ccc(C3CCC4OC(C)(C)O[C@H]4C3)c(F)c2)C(=O)O1.CCOC(=O)C(F)F.NC[C@H]1CN(c2ccc(C3CCC(O)[C@@H](O)C3)c(F)c2)C(=O)O1.O=C(NC[C@H]1CN(c2ccc(C3CCC(O)[C@@H](O)C3)c(F)c2)C(=O)O1)C(F)F. The second-order valence-electron chi connectivity index (χ2n) is 24.7. The molecule has 10 rings (SSSR count). The van der Waals surface area contributed by atoms with Crippen molar-refractivity contribution in [3.05, 3.63) is 88.7 Å². The van der Waals surface area contributed by atoms with E-state index in [2.05, 4.69) is 10.1 Å². The number of fused-ring (bicyclic) bond motifs is 1. The summed E-state index contributed by atoms with van der Waals surface area (Å²) in [4.78, 5) is 72.5. The second kappa shape index (κ2) is 31.7. The molecule has 12 atom stereocenters. The number of cyclic esters (lactones) is 3. The average Bonchev–Trinajstić information content (AvgIpc) is 1.53. The van der Waals surface area contributed by atoms with Gasteiger partial charge in [0.25, 0.3) is 5.91 Å². The summed E-state index contributed by atoms with van der Waals surface area (Å²) >= 11 is 0. The van der Waals surface area contributed by atoms with Gasteiger partial charge in [-0.1, -0.05) is 18.2 Å². The van der Waals surface area contributed by atoms with Crippen LogP contribution in [0.5, 0.6) is 0 Å². The number of benzene rings is 3. The normalized spacial score (nSPS) is 27.5. The highest BCUT2D eigenvalue weighted by Crippen LogP contribution is 2.44. The van der Waals surface area contributed by atoms with Gasteiger partial charge in [-0.2, -0.15) is 17.6 Å². The molecule has 0 radical (unpaired) electrons. The molecule has 5 amide bonds. The van der Waals surface area contributed by atoms with E-state index < -0.39 is 109 Å². The van der Waals surface area contributed by atoms with Crippen molar-refractivity contribution >= 4 is 53.3 Å². The molecule has 8 N–H and O–H groups in total. The van der Waals surface area contributed by atoms with E-state index >= 15 is 4.39 Å². The van der Waals surface area contributed by atoms with Gasteiger partial charge in [-0.25, -0.2) is 37.1 Å². The van der Waals surface area contributed by atoms with Gasteiger partial charge in [0.2, 0.25) is 0 Å². The van der Waals surface area contributed by atoms with Crippen molar-refractivity contribution in [3.63, 3.8) is 0 Å². The lowest BCUT2D eigenvalue weighted by atomic mass is 9.81. The molecule has 3 saturated carbocycles. The number of nitrogens with zero attached hydrogens (tertiary/aromatic N) is 3. The molecule has 0 aromatic heterocycles. The molecule has 510 valence electrons. The Morgan fingerprint density at radius 2 is 1.00 bits per heavy atom. The number of hydrogen-bond acceptors (Lipinski definition) is 18. The number of alkyl carbamates (subject to hydrolysis) is 1. The first kappa shape index (κ1) is 72.3. The summed E-state index contributed by atoms with van der Waals surface area (Å²) in [7, 11) is 0. The standard InChI is InChI=1S/C24H33FN2O6.C18H21F3N2O5.C16H21FN2O4.C4H6F2O2/c1-23(2,3)33-21(28)26-12-16-13-27(22(29)30-16)15-7-8-17(18(25)11-15)14-6-9-19-20(10-14)32-24(4,5)31-19;19-13-6-10(2-3-12(13)9-1-4-14(24)15(25)5-9)23-8-11(28-18(23)27)7-22-17(26)16(20)21;17-13-6-10(19-8-11(7-18)23-16(19)22)2-3-12(13)9-1-4-14(20)15(21)5-9;1-2-8-4(7)3(5)6/h7-8,11,14,16,19-20H,6,9-10,12-13H2,1-5H3,(H,26,28);2-3,6,9,11,14-16,24-25H,1,4-5,7-8H2,(H,22,26);2-3,6,9,11,14-15,20-21H,1,4-5,7-8,18H2;3H,2H2,1H3/t14?,16-,19?,20-;2*9?,11-,14?,15-;/m000./s1. The van der Waals surface area contributed by atoms with E-state index in [0.29, 0.717) is 73.1 Å². The van der Waals surface area contributed by atoms with Crippen LogP contribution in [-0.4, -0.2) is 182 Å². The van der Waals surface area contributed by atoms with E-state index in [4.69, 9.17) is 34.2 Å². The lowest BCUT2D eigenvalue weighted by molar-refractivity contribution is -0.155. The highest BCUT2D eigenvalue weighted by atomic mass is 19.3. The van der Waals surface area contributed by atoms with Crippen LogP contribution in [0, 0.1) is 17.5 Å². The van der Waals surface area contributed by atoms with E-state index in [1.165, 1.54) is 47.1 Å². The van der Waals surface area contributed by atoms with Crippen molar-refractivity contribution in [2.45, 2.75) is 196 Å². The van der Waals surface area contributed by atoms with Crippen LogP contribution in [0.4, 0.5) is 67.0 Å². The van der Waals surface area contributed by atoms with Crippen LogP contribution < -0.4 is 31.1 Å². The molecule has 6 unspecified atom stereocenters. The number of rotatable bonds is 14. The van der Waals surface area contributed by atoms with Gasteiger partial charge in [-0.05, 0) is 170 Å². The Kier molecular flexibility index (Phi) is 24.9. The molecule has 7 fully saturated rings. The van der Waals surface area contributed by atoms with E-state index in [1.54, 1.807) is 45.0 Å². The molecular weight excluding hydrogens is 1230 g/mol. The zero-order valence-electron chi connectivity index (χ0n) is 51.8. The van der Waals surface area contributed by atoms with E-state index in [1.807, 2.05) is 19.2 Å². The minimum Gasteiger partial charge on any atom is -0.462 e. The fourth-order valence-electron chi connectivity index (χ4n) is 11.8. The molecule has 23 nitrogen and oxygen atoms in total. The number of ether oxygens (including phenoxy) is 7.